The molecule has 0 aliphatic heterocycles. The van der Waals surface area contributed by atoms with E-state index >= 15 is 0 Å². The molecule has 2 aromatic rings. The molecule has 0 atom stereocenters. The van der Waals surface area contributed by atoms with Gasteiger partial charge in [-0.3, -0.25) is 10.4 Å². The van der Waals surface area contributed by atoms with Crippen molar-refractivity contribution in [3.63, 3.8) is 0 Å². The Morgan fingerprint density at radius 1 is 1.23 bits per heavy atom. The second-order valence-electron chi connectivity index (χ2n) is 5.37. The van der Waals surface area contributed by atoms with Gasteiger partial charge in [-0.1, -0.05) is 0 Å². The zero-order chi connectivity index (χ0) is 15.5. The highest BCUT2D eigenvalue weighted by atomic mass is 19.1. The maximum atomic E-state index is 13.1. The average molecular weight is 295 g/mol. The van der Waals surface area contributed by atoms with Gasteiger partial charge in [0.15, 0.2) is 0 Å². The molecule has 0 unspecified atom stereocenters. The second-order valence-corrected chi connectivity index (χ2v) is 5.37. The Balaban J connectivity index is 2.04. The number of aryl methyl sites for hydroxylation is 1. The van der Waals surface area contributed by atoms with Gasteiger partial charge in [-0.05, 0) is 60.7 Å². The van der Waals surface area contributed by atoms with Gasteiger partial charge in [0.05, 0.1) is 5.71 Å². The van der Waals surface area contributed by atoms with E-state index in [2.05, 4.69) is 10.3 Å². The lowest BCUT2D eigenvalue weighted by atomic mass is 9.93. The van der Waals surface area contributed by atoms with Gasteiger partial charge in [0, 0.05) is 36.3 Å². The minimum atomic E-state index is -0.291. The first kappa shape index (κ1) is 14.4. The number of fused-ring (bicyclic) bond motifs is 1. The van der Waals surface area contributed by atoms with E-state index in [9.17, 15) is 4.39 Å². The molecule has 3 nitrogen and oxygen atoms in total. The lowest BCUT2D eigenvalue weighted by Gasteiger charge is -2.14. The predicted octanol–water partition coefficient (Wildman–Crippen LogP) is 3.34. The summed E-state index contributed by atoms with van der Waals surface area (Å²) in [5, 5.41) is 11.5. The molecule has 0 amide bonds. The van der Waals surface area contributed by atoms with Crippen molar-refractivity contribution in [3.8, 4) is 0 Å². The number of hydrogen-bond acceptors (Lipinski definition) is 3. The number of benzene rings is 1. The Kier molecular flexibility index (Phi) is 4.00. The van der Waals surface area contributed by atoms with Crippen molar-refractivity contribution in [2.24, 2.45) is 0 Å². The van der Waals surface area contributed by atoms with E-state index in [0.29, 0.717) is 11.3 Å². The van der Waals surface area contributed by atoms with E-state index in [1.165, 1.54) is 17.7 Å². The third kappa shape index (κ3) is 2.64. The molecule has 1 aromatic heterocycles. The maximum Gasteiger partial charge on any atom is 0.123 e. The molecule has 1 heterocycles. The van der Waals surface area contributed by atoms with Gasteiger partial charge in [0.2, 0.25) is 0 Å². The van der Waals surface area contributed by atoms with Crippen LogP contribution < -0.4 is 5.32 Å². The van der Waals surface area contributed by atoms with E-state index in [4.69, 9.17) is 5.41 Å². The van der Waals surface area contributed by atoms with E-state index in [0.717, 1.165) is 36.1 Å². The summed E-state index contributed by atoms with van der Waals surface area (Å²) in [6.07, 6.45) is 6.74. The zero-order valence-electron chi connectivity index (χ0n) is 12.5. The highest BCUT2D eigenvalue weighted by Gasteiger charge is 2.20. The van der Waals surface area contributed by atoms with Crippen LogP contribution in [0.25, 0.3) is 5.57 Å². The summed E-state index contributed by atoms with van der Waals surface area (Å²) in [6, 6.07) is 8.02. The van der Waals surface area contributed by atoms with Crippen molar-refractivity contribution in [2.75, 3.05) is 7.05 Å². The van der Waals surface area contributed by atoms with Crippen molar-refractivity contribution in [1.29, 1.82) is 5.41 Å². The topological polar surface area (TPSA) is 48.8 Å². The second kappa shape index (κ2) is 6.10. The Morgan fingerprint density at radius 3 is 2.73 bits per heavy atom. The number of pyridine rings is 1. The summed E-state index contributed by atoms with van der Waals surface area (Å²) in [4.78, 5) is 4.44. The molecule has 1 aliphatic carbocycles. The molecule has 1 aromatic carbocycles. The molecule has 0 saturated heterocycles. The highest BCUT2D eigenvalue weighted by molar-refractivity contribution is 6.30. The summed E-state index contributed by atoms with van der Waals surface area (Å²) in [5.41, 5.74) is 5.31. The van der Waals surface area contributed by atoms with Gasteiger partial charge in [-0.15, -0.1) is 0 Å². The number of nitrogens with one attached hydrogen (secondary N) is 2. The molecule has 0 radical (unpaired) electrons. The van der Waals surface area contributed by atoms with Crippen LogP contribution in [0.4, 0.5) is 4.39 Å². The Hall–Kier alpha value is -2.49. The van der Waals surface area contributed by atoms with E-state index in [1.54, 1.807) is 18.3 Å². The molecule has 0 fully saturated rings. The van der Waals surface area contributed by atoms with E-state index in [1.807, 2.05) is 19.3 Å². The summed E-state index contributed by atoms with van der Waals surface area (Å²) in [6.45, 7) is 0. The number of nitrogens with zero attached hydrogens (tertiary/aromatic N) is 1. The van der Waals surface area contributed by atoms with Crippen LogP contribution in [0, 0.1) is 11.2 Å². The zero-order valence-corrected chi connectivity index (χ0v) is 12.5. The lowest BCUT2D eigenvalue weighted by Crippen LogP contribution is -2.09. The monoisotopic (exact) mass is 295 g/mol. The number of rotatable bonds is 4. The number of hydrogen-bond donors (Lipinski definition) is 2. The van der Waals surface area contributed by atoms with Crippen LogP contribution in [0.5, 0.6) is 0 Å². The third-order valence-electron chi connectivity index (χ3n) is 3.97. The number of halogens is 1. The fourth-order valence-corrected chi connectivity index (χ4v) is 2.92. The molecule has 0 saturated carbocycles. The summed E-state index contributed by atoms with van der Waals surface area (Å²) >= 11 is 0. The molecular weight excluding hydrogens is 277 g/mol. The molecule has 22 heavy (non-hydrogen) atoms. The summed E-state index contributed by atoms with van der Waals surface area (Å²) in [5.74, 6) is -0.291. The van der Waals surface area contributed by atoms with Crippen LogP contribution in [0.3, 0.4) is 0 Å². The largest absolute Gasteiger partial charge is 0.393 e. The standard InChI is InChI=1S/C18H18FN3/c1-21-11-16(18(20)12-5-7-13(19)8-6-12)14-9-10-22-17-4-2-3-15(14)17/h5-11,20-21H,2-4H2,1H3/b16-11-,20-18?. The van der Waals surface area contributed by atoms with E-state index < -0.39 is 0 Å². The average Bonchev–Trinajstić information content (AvgIpc) is 3.01. The van der Waals surface area contributed by atoms with Crippen molar-refractivity contribution < 1.29 is 4.39 Å². The van der Waals surface area contributed by atoms with Crippen LogP contribution >= 0.6 is 0 Å². The van der Waals surface area contributed by atoms with Crippen molar-refractivity contribution in [3.05, 3.63) is 70.9 Å². The predicted molar refractivity (Wildman–Crippen MR) is 86.5 cm³/mol. The smallest absolute Gasteiger partial charge is 0.123 e. The number of allylic oxidation sites excluding steroid dienone is 1. The van der Waals surface area contributed by atoms with Gasteiger partial charge in [0.1, 0.15) is 5.82 Å². The van der Waals surface area contributed by atoms with E-state index in [-0.39, 0.29) is 5.82 Å². The molecule has 3 rings (SSSR count). The SMILES string of the molecule is CN/C=C(\C(=N)c1ccc(F)cc1)c1ccnc2c1CCC2. The van der Waals surface area contributed by atoms with Crippen LogP contribution in [-0.2, 0) is 12.8 Å². The third-order valence-corrected chi connectivity index (χ3v) is 3.97. The molecule has 0 bridgehead atoms. The van der Waals surface area contributed by atoms with Gasteiger partial charge < -0.3 is 5.32 Å². The van der Waals surface area contributed by atoms with Crippen LogP contribution in [0.1, 0.15) is 28.8 Å². The molecule has 4 heteroatoms. The normalized spacial score (nSPS) is 13.8. The highest BCUT2D eigenvalue weighted by Crippen LogP contribution is 2.29. The Bertz CT molecular complexity index is 732. The molecule has 1 aliphatic rings. The lowest BCUT2D eigenvalue weighted by molar-refractivity contribution is 0.628. The summed E-state index contributed by atoms with van der Waals surface area (Å²) in [7, 11) is 1.82. The Labute approximate surface area is 129 Å². The summed E-state index contributed by atoms with van der Waals surface area (Å²) < 4.78 is 13.1. The van der Waals surface area contributed by atoms with Gasteiger partial charge in [-0.2, -0.15) is 0 Å². The van der Waals surface area contributed by atoms with Crippen molar-refractivity contribution >= 4 is 11.3 Å². The first-order valence-electron chi connectivity index (χ1n) is 7.40. The fourth-order valence-electron chi connectivity index (χ4n) is 2.92. The van der Waals surface area contributed by atoms with Crippen LogP contribution in [0.15, 0.2) is 42.7 Å². The first-order valence-corrected chi connectivity index (χ1v) is 7.40. The molecular formula is C18H18FN3. The fraction of sp³-hybridized carbons (Fsp3) is 0.222. The van der Waals surface area contributed by atoms with Gasteiger partial charge in [0.25, 0.3) is 0 Å². The minimum absolute atomic E-state index is 0.291. The molecule has 2 N–H and O–H groups in total. The van der Waals surface area contributed by atoms with Crippen molar-refractivity contribution in [1.82, 2.24) is 10.3 Å². The molecule has 112 valence electrons. The quantitative estimate of drug-likeness (QED) is 0.850. The Morgan fingerprint density at radius 2 is 2.00 bits per heavy atom. The van der Waals surface area contributed by atoms with Gasteiger partial charge in [-0.25, -0.2) is 4.39 Å². The minimum Gasteiger partial charge on any atom is -0.393 e. The van der Waals surface area contributed by atoms with Gasteiger partial charge >= 0.3 is 0 Å². The van der Waals surface area contributed by atoms with Crippen LogP contribution in [-0.4, -0.2) is 17.7 Å². The first-order chi connectivity index (χ1) is 10.7. The number of aromatic nitrogens is 1. The molecule has 0 spiro atoms. The van der Waals surface area contributed by atoms with Crippen LogP contribution in [0.2, 0.25) is 0 Å². The van der Waals surface area contributed by atoms with Crippen molar-refractivity contribution in [2.45, 2.75) is 19.3 Å². The maximum absolute atomic E-state index is 13.1.